The standard InChI is InChI=1S/C19H23FO2/c1-14(2)19(21,17-9-11-18(20)12-10-17)15(3)22-13-16-7-5-4-6-8-16/h4-12,14-15,21H,13H2,1-3H3/t15-,19?/m0/s1. The first kappa shape index (κ1) is 16.7. The van der Waals surface area contributed by atoms with Crippen molar-refractivity contribution in [1.82, 2.24) is 0 Å². The van der Waals surface area contributed by atoms with E-state index in [1.807, 2.05) is 51.1 Å². The highest BCUT2D eigenvalue weighted by molar-refractivity contribution is 5.25. The van der Waals surface area contributed by atoms with Gasteiger partial charge >= 0.3 is 0 Å². The van der Waals surface area contributed by atoms with Crippen molar-refractivity contribution >= 4 is 0 Å². The van der Waals surface area contributed by atoms with Crippen molar-refractivity contribution in [2.45, 2.75) is 39.1 Å². The van der Waals surface area contributed by atoms with Crippen molar-refractivity contribution in [2.24, 2.45) is 5.92 Å². The van der Waals surface area contributed by atoms with E-state index in [1.165, 1.54) is 12.1 Å². The van der Waals surface area contributed by atoms with Gasteiger partial charge in [-0.25, -0.2) is 4.39 Å². The van der Waals surface area contributed by atoms with Crippen LogP contribution in [0.5, 0.6) is 0 Å². The molecule has 0 aliphatic heterocycles. The first-order valence-electron chi connectivity index (χ1n) is 7.58. The third kappa shape index (κ3) is 3.54. The van der Waals surface area contributed by atoms with E-state index in [4.69, 9.17) is 4.74 Å². The number of ether oxygens (including phenoxy) is 1. The van der Waals surface area contributed by atoms with Crippen molar-refractivity contribution in [2.75, 3.05) is 0 Å². The van der Waals surface area contributed by atoms with Gasteiger partial charge in [-0.15, -0.1) is 0 Å². The van der Waals surface area contributed by atoms with Gasteiger partial charge in [0.2, 0.25) is 0 Å². The molecule has 2 rings (SSSR count). The Morgan fingerprint density at radius 2 is 1.59 bits per heavy atom. The number of hydrogen-bond donors (Lipinski definition) is 1. The predicted octanol–water partition coefficient (Wildman–Crippen LogP) is 4.27. The second-order valence-corrected chi connectivity index (χ2v) is 5.93. The number of rotatable bonds is 6. The molecule has 2 atom stereocenters. The van der Waals surface area contributed by atoms with Crippen LogP contribution in [0, 0.1) is 11.7 Å². The lowest BCUT2D eigenvalue weighted by atomic mass is 9.79. The molecular weight excluding hydrogens is 279 g/mol. The zero-order valence-electron chi connectivity index (χ0n) is 13.3. The van der Waals surface area contributed by atoms with Gasteiger partial charge in [-0.1, -0.05) is 56.3 Å². The molecule has 0 saturated heterocycles. The molecule has 0 amide bonds. The molecule has 1 unspecified atom stereocenters. The maximum atomic E-state index is 13.1. The van der Waals surface area contributed by atoms with Crippen LogP contribution in [0.2, 0.25) is 0 Å². The first-order chi connectivity index (χ1) is 10.4. The normalized spacial score (nSPS) is 15.5. The van der Waals surface area contributed by atoms with Crippen molar-refractivity contribution in [3.63, 3.8) is 0 Å². The van der Waals surface area contributed by atoms with E-state index in [2.05, 4.69) is 0 Å². The molecule has 0 bridgehead atoms. The molecule has 118 valence electrons. The summed E-state index contributed by atoms with van der Waals surface area (Å²) in [7, 11) is 0. The number of hydrogen-bond acceptors (Lipinski definition) is 2. The van der Waals surface area contributed by atoms with Crippen molar-refractivity contribution in [3.05, 3.63) is 71.5 Å². The largest absolute Gasteiger partial charge is 0.382 e. The highest BCUT2D eigenvalue weighted by Gasteiger charge is 2.39. The lowest BCUT2D eigenvalue weighted by molar-refractivity contribution is -0.137. The molecule has 0 radical (unpaired) electrons. The average molecular weight is 302 g/mol. The summed E-state index contributed by atoms with van der Waals surface area (Å²) in [5.74, 6) is -0.378. The number of halogens is 1. The van der Waals surface area contributed by atoms with Gasteiger partial charge in [0.1, 0.15) is 11.4 Å². The molecule has 2 aromatic rings. The van der Waals surface area contributed by atoms with E-state index < -0.39 is 11.7 Å². The van der Waals surface area contributed by atoms with Crippen LogP contribution in [0.4, 0.5) is 4.39 Å². The van der Waals surface area contributed by atoms with E-state index in [0.717, 1.165) is 5.56 Å². The van der Waals surface area contributed by atoms with Gasteiger partial charge in [-0.05, 0) is 36.1 Å². The molecule has 3 heteroatoms. The van der Waals surface area contributed by atoms with Gasteiger partial charge in [0, 0.05) is 0 Å². The van der Waals surface area contributed by atoms with Crippen molar-refractivity contribution < 1.29 is 14.2 Å². The lowest BCUT2D eigenvalue weighted by Crippen LogP contribution is -2.44. The third-order valence-electron chi connectivity index (χ3n) is 4.15. The van der Waals surface area contributed by atoms with Crippen LogP contribution in [-0.4, -0.2) is 11.2 Å². The molecule has 0 aliphatic rings. The van der Waals surface area contributed by atoms with Crippen LogP contribution in [0.15, 0.2) is 54.6 Å². The summed E-state index contributed by atoms with van der Waals surface area (Å²) >= 11 is 0. The summed E-state index contributed by atoms with van der Waals surface area (Å²) in [4.78, 5) is 0. The number of benzene rings is 2. The minimum atomic E-state index is -1.16. The Morgan fingerprint density at radius 3 is 2.14 bits per heavy atom. The highest BCUT2D eigenvalue weighted by atomic mass is 19.1. The molecule has 0 heterocycles. The second-order valence-electron chi connectivity index (χ2n) is 5.93. The minimum Gasteiger partial charge on any atom is -0.382 e. The Bertz CT molecular complexity index is 580. The van der Waals surface area contributed by atoms with Gasteiger partial charge in [0.15, 0.2) is 0 Å². The van der Waals surface area contributed by atoms with E-state index in [0.29, 0.717) is 12.2 Å². The molecular formula is C19H23FO2. The summed E-state index contributed by atoms with van der Waals surface area (Å²) < 4.78 is 19.0. The maximum Gasteiger partial charge on any atom is 0.123 e. The number of aliphatic hydroxyl groups is 1. The van der Waals surface area contributed by atoms with Gasteiger partial charge in [-0.2, -0.15) is 0 Å². The Balaban J connectivity index is 2.17. The van der Waals surface area contributed by atoms with Gasteiger partial charge in [0.05, 0.1) is 12.7 Å². The third-order valence-corrected chi connectivity index (χ3v) is 4.15. The second kappa shape index (κ2) is 7.03. The minimum absolute atomic E-state index is 0.0660. The van der Waals surface area contributed by atoms with Gasteiger partial charge in [0.25, 0.3) is 0 Å². The van der Waals surface area contributed by atoms with Crippen LogP contribution < -0.4 is 0 Å². The van der Waals surface area contributed by atoms with Gasteiger partial charge in [-0.3, -0.25) is 0 Å². The summed E-state index contributed by atoms with van der Waals surface area (Å²) in [6, 6.07) is 15.8. The summed E-state index contributed by atoms with van der Waals surface area (Å²) in [5, 5.41) is 11.1. The van der Waals surface area contributed by atoms with E-state index in [9.17, 15) is 9.50 Å². The van der Waals surface area contributed by atoms with E-state index in [-0.39, 0.29) is 11.7 Å². The lowest BCUT2D eigenvalue weighted by Gasteiger charge is -2.38. The molecule has 0 spiro atoms. The molecule has 22 heavy (non-hydrogen) atoms. The molecule has 0 saturated carbocycles. The topological polar surface area (TPSA) is 29.5 Å². The van der Waals surface area contributed by atoms with Gasteiger partial charge < -0.3 is 9.84 Å². The fourth-order valence-corrected chi connectivity index (χ4v) is 2.68. The Hall–Kier alpha value is -1.71. The monoisotopic (exact) mass is 302 g/mol. The van der Waals surface area contributed by atoms with Crippen LogP contribution >= 0.6 is 0 Å². The highest BCUT2D eigenvalue weighted by Crippen LogP contribution is 2.35. The van der Waals surface area contributed by atoms with Crippen LogP contribution in [0.25, 0.3) is 0 Å². The molecule has 0 aliphatic carbocycles. The molecule has 2 nitrogen and oxygen atoms in total. The molecule has 2 aromatic carbocycles. The Morgan fingerprint density at radius 1 is 1.00 bits per heavy atom. The first-order valence-corrected chi connectivity index (χ1v) is 7.58. The van der Waals surface area contributed by atoms with Crippen LogP contribution in [0.1, 0.15) is 31.9 Å². The summed E-state index contributed by atoms with van der Waals surface area (Å²) in [5.41, 5.74) is 0.562. The molecule has 0 aromatic heterocycles. The van der Waals surface area contributed by atoms with Crippen molar-refractivity contribution in [3.8, 4) is 0 Å². The molecule has 0 fully saturated rings. The Labute approximate surface area is 131 Å². The summed E-state index contributed by atoms with van der Waals surface area (Å²) in [6.07, 6.45) is -0.418. The molecule has 1 N–H and O–H groups in total. The van der Waals surface area contributed by atoms with Crippen LogP contribution in [0.3, 0.4) is 0 Å². The van der Waals surface area contributed by atoms with Crippen molar-refractivity contribution in [1.29, 1.82) is 0 Å². The smallest absolute Gasteiger partial charge is 0.123 e. The zero-order chi connectivity index (χ0) is 16.2. The fraction of sp³-hybridized carbons (Fsp3) is 0.368. The maximum absolute atomic E-state index is 13.1. The quantitative estimate of drug-likeness (QED) is 0.863. The SMILES string of the molecule is CC(C)C(O)(c1ccc(F)cc1)[C@H](C)OCc1ccccc1. The fourth-order valence-electron chi connectivity index (χ4n) is 2.68. The average Bonchev–Trinajstić information content (AvgIpc) is 2.53. The predicted molar refractivity (Wildman–Crippen MR) is 85.8 cm³/mol. The Kier molecular flexibility index (Phi) is 5.33. The zero-order valence-corrected chi connectivity index (χ0v) is 13.3. The van der Waals surface area contributed by atoms with Crippen LogP contribution in [-0.2, 0) is 16.9 Å². The van der Waals surface area contributed by atoms with E-state index in [1.54, 1.807) is 12.1 Å². The van der Waals surface area contributed by atoms with E-state index >= 15 is 0 Å². The summed E-state index contributed by atoms with van der Waals surface area (Å²) in [6.45, 7) is 6.15.